The molecule has 9 heteroatoms. The lowest BCUT2D eigenvalue weighted by Gasteiger charge is -2.34. The van der Waals surface area contributed by atoms with Gasteiger partial charge in [-0.2, -0.15) is 0 Å². The molecule has 3 amide bonds. The molecule has 0 bridgehead atoms. The number of amides is 3. The molecule has 2 aromatic rings. The number of fused-ring (bicyclic) bond motifs is 1. The highest BCUT2D eigenvalue weighted by molar-refractivity contribution is 6.02. The van der Waals surface area contributed by atoms with Gasteiger partial charge in [-0.25, -0.2) is 4.79 Å². The molecule has 2 aromatic carbocycles. The summed E-state index contributed by atoms with van der Waals surface area (Å²) < 4.78 is 17.4. The molecule has 3 atom stereocenters. The van der Waals surface area contributed by atoms with Crippen molar-refractivity contribution in [3.05, 3.63) is 64.7 Å². The minimum absolute atomic E-state index is 0.100. The Kier molecular flexibility index (Phi) is 8.26. The predicted octanol–water partition coefficient (Wildman–Crippen LogP) is 3.71. The molecular weight excluding hydrogens is 486 g/mol. The van der Waals surface area contributed by atoms with Gasteiger partial charge in [0, 0.05) is 37.2 Å². The van der Waals surface area contributed by atoms with E-state index in [0.29, 0.717) is 49.5 Å². The maximum atomic E-state index is 13.2. The summed E-state index contributed by atoms with van der Waals surface area (Å²) in [6.07, 6.45) is -0.232. The highest BCUT2D eigenvalue weighted by Crippen LogP contribution is 2.44. The Balaban J connectivity index is 1.45. The summed E-state index contributed by atoms with van der Waals surface area (Å²) in [4.78, 5) is 40.0. The van der Waals surface area contributed by atoms with Crippen LogP contribution < -0.4 is 15.4 Å². The van der Waals surface area contributed by atoms with Gasteiger partial charge in [0.2, 0.25) is 0 Å². The molecule has 0 spiro atoms. The van der Waals surface area contributed by atoms with E-state index in [1.807, 2.05) is 64.1 Å². The van der Waals surface area contributed by atoms with Gasteiger partial charge in [0.1, 0.15) is 17.5 Å². The number of hydrogen-bond donors (Lipinski definition) is 2. The van der Waals surface area contributed by atoms with Crippen LogP contribution in [0.2, 0.25) is 0 Å². The molecular formula is C29H37N3O6. The molecule has 4 rings (SSSR count). The number of carbonyl (C=O) groups is 3. The van der Waals surface area contributed by atoms with Crippen LogP contribution in [0.4, 0.5) is 4.79 Å². The standard InChI is InChI=1S/C29H37N3O6/c1-18-24(19-9-7-6-8-10-19)22-15-20(16-23(25(22)37-18)27(34)30-5)26(33)31-12-11-21-17-32(13-14-36-21)28(35)38-29(2,3)4/h6-10,15-16,18,21,24H,11-14,17H2,1-5H3,(H,30,34)(H,31,33). The third kappa shape index (κ3) is 6.27. The fourth-order valence-electron chi connectivity index (χ4n) is 4.90. The van der Waals surface area contributed by atoms with Crippen LogP contribution in [0.15, 0.2) is 42.5 Å². The van der Waals surface area contributed by atoms with Crippen molar-refractivity contribution < 1.29 is 28.6 Å². The molecule has 1 saturated heterocycles. The van der Waals surface area contributed by atoms with Gasteiger partial charge in [-0.05, 0) is 51.8 Å². The van der Waals surface area contributed by atoms with E-state index in [-0.39, 0.29) is 36.0 Å². The van der Waals surface area contributed by atoms with Crippen molar-refractivity contribution in [2.24, 2.45) is 0 Å². The van der Waals surface area contributed by atoms with Crippen LogP contribution in [0.3, 0.4) is 0 Å². The van der Waals surface area contributed by atoms with Gasteiger partial charge in [0.25, 0.3) is 11.8 Å². The Morgan fingerprint density at radius 1 is 1.11 bits per heavy atom. The lowest BCUT2D eigenvalue weighted by Crippen LogP contribution is -2.48. The lowest BCUT2D eigenvalue weighted by atomic mass is 9.87. The quantitative estimate of drug-likeness (QED) is 0.598. The van der Waals surface area contributed by atoms with E-state index >= 15 is 0 Å². The minimum atomic E-state index is -0.565. The zero-order valence-corrected chi connectivity index (χ0v) is 22.7. The van der Waals surface area contributed by atoms with Crippen LogP contribution in [-0.2, 0) is 9.47 Å². The van der Waals surface area contributed by atoms with E-state index in [4.69, 9.17) is 14.2 Å². The Bertz CT molecular complexity index is 1180. The Morgan fingerprint density at radius 3 is 2.53 bits per heavy atom. The Hall–Kier alpha value is -3.59. The molecule has 3 unspecified atom stereocenters. The van der Waals surface area contributed by atoms with Crippen LogP contribution in [0.1, 0.15) is 71.9 Å². The molecule has 0 radical (unpaired) electrons. The number of benzene rings is 2. The zero-order chi connectivity index (χ0) is 27.4. The molecule has 0 aliphatic carbocycles. The summed E-state index contributed by atoms with van der Waals surface area (Å²) in [6, 6.07) is 13.3. The number of rotatable bonds is 6. The first kappa shape index (κ1) is 27.4. The van der Waals surface area contributed by atoms with E-state index < -0.39 is 5.60 Å². The smallest absolute Gasteiger partial charge is 0.410 e. The van der Waals surface area contributed by atoms with E-state index in [9.17, 15) is 14.4 Å². The lowest BCUT2D eigenvalue weighted by molar-refractivity contribution is -0.0440. The highest BCUT2D eigenvalue weighted by atomic mass is 16.6. The number of morpholine rings is 1. The Labute approximate surface area is 223 Å². The van der Waals surface area contributed by atoms with Gasteiger partial charge in [0.05, 0.1) is 24.8 Å². The van der Waals surface area contributed by atoms with Crippen molar-refractivity contribution in [2.45, 2.75) is 57.8 Å². The summed E-state index contributed by atoms with van der Waals surface area (Å²) in [5.74, 6) is -0.185. The van der Waals surface area contributed by atoms with Gasteiger partial charge >= 0.3 is 6.09 Å². The molecule has 0 aromatic heterocycles. The number of nitrogens with one attached hydrogen (secondary N) is 2. The molecule has 0 saturated carbocycles. The second-order valence-electron chi connectivity index (χ2n) is 10.7. The monoisotopic (exact) mass is 523 g/mol. The molecule has 9 nitrogen and oxygen atoms in total. The predicted molar refractivity (Wildman–Crippen MR) is 143 cm³/mol. The molecule has 1 fully saturated rings. The van der Waals surface area contributed by atoms with Gasteiger partial charge in [-0.3, -0.25) is 9.59 Å². The molecule has 2 aliphatic heterocycles. The average Bonchev–Trinajstić information content (AvgIpc) is 3.22. The maximum Gasteiger partial charge on any atom is 0.410 e. The third-order valence-electron chi connectivity index (χ3n) is 6.66. The Morgan fingerprint density at radius 2 is 1.84 bits per heavy atom. The van der Waals surface area contributed by atoms with Crippen LogP contribution in [-0.4, -0.2) is 73.9 Å². The van der Waals surface area contributed by atoms with Crippen LogP contribution in [0.25, 0.3) is 0 Å². The maximum absolute atomic E-state index is 13.2. The van der Waals surface area contributed by atoms with Crippen LogP contribution in [0, 0.1) is 0 Å². The molecule has 2 aliphatic rings. The van der Waals surface area contributed by atoms with E-state index in [1.165, 1.54) is 0 Å². The van der Waals surface area contributed by atoms with E-state index in [1.54, 1.807) is 18.0 Å². The second-order valence-corrected chi connectivity index (χ2v) is 10.7. The SMILES string of the molecule is CNC(=O)c1cc(C(=O)NCCC2CN(C(=O)OC(C)(C)C)CCO2)cc2c1OC(C)C2c1ccccc1. The number of carbonyl (C=O) groups excluding carboxylic acids is 3. The summed E-state index contributed by atoms with van der Waals surface area (Å²) in [5, 5.41) is 5.59. The number of nitrogens with zero attached hydrogens (tertiary/aromatic N) is 1. The van der Waals surface area contributed by atoms with Crippen molar-refractivity contribution in [2.75, 3.05) is 33.3 Å². The van der Waals surface area contributed by atoms with Crippen LogP contribution >= 0.6 is 0 Å². The molecule has 2 heterocycles. The molecule has 38 heavy (non-hydrogen) atoms. The summed E-state index contributed by atoms with van der Waals surface area (Å²) in [5.41, 5.74) is 2.04. The van der Waals surface area contributed by atoms with Crippen molar-refractivity contribution in [1.82, 2.24) is 15.5 Å². The van der Waals surface area contributed by atoms with Gasteiger partial charge in [0.15, 0.2) is 0 Å². The third-order valence-corrected chi connectivity index (χ3v) is 6.66. The van der Waals surface area contributed by atoms with Crippen molar-refractivity contribution in [1.29, 1.82) is 0 Å². The summed E-state index contributed by atoms with van der Waals surface area (Å²) >= 11 is 0. The van der Waals surface area contributed by atoms with Gasteiger partial charge < -0.3 is 29.7 Å². The summed E-state index contributed by atoms with van der Waals surface area (Å²) in [7, 11) is 1.55. The summed E-state index contributed by atoms with van der Waals surface area (Å²) in [6.45, 7) is 9.11. The molecule has 2 N–H and O–H groups in total. The van der Waals surface area contributed by atoms with E-state index in [2.05, 4.69) is 10.6 Å². The van der Waals surface area contributed by atoms with Crippen molar-refractivity contribution in [3.8, 4) is 5.75 Å². The largest absolute Gasteiger partial charge is 0.489 e. The van der Waals surface area contributed by atoms with Gasteiger partial charge in [-0.1, -0.05) is 30.3 Å². The zero-order valence-electron chi connectivity index (χ0n) is 22.7. The highest BCUT2D eigenvalue weighted by Gasteiger charge is 2.36. The fourth-order valence-corrected chi connectivity index (χ4v) is 4.90. The van der Waals surface area contributed by atoms with Crippen molar-refractivity contribution >= 4 is 17.9 Å². The van der Waals surface area contributed by atoms with Gasteiger partial charge in [-0.15, -0.1) is 0 Å². The van der Waals surface area contributed by atoms with Crippen LogP contribution in [0.5, 0.6) is 5.75 Å². The first-order valence-corrected chi connectivity index (χ1v) is 13.1. The number of hydrogen-bond acceptors (Lipinski definition) is 6. The molecule has 204 valence electrons. The second kappa shape index (κ2) is 11.4. The minimum Gasteiger partial charge on any atom is -0.489 e. The first-order chi connectivity index (χ1) is 18.1. The fraction of sp³-hybridized carbons (Fsp3) is 0.483. The normalized spacial score (nSPS) is 20.8. The average molecular weight is 524 g/mol. The number of ether oxygens (including phenoxy) is 3. The first-order valence-electron chi connectivity index (χ1n) is 13.1. The van der Waals surface area contributed by atoms with Crippen molar-refractivity contribution in [3.63, 3.8) is 0 Å². The topological polar surface area (TPSA) is 106 Å². The van der Waals surface area contributed by atoms with E-state index in [0.717, 1.165) is 11.1 Å².